The van der Waals surface area contributed by atoms with Crippen molar-refractivity contribution in [2.45, 2.75) is 25.9 Å². The van der Waals surface area contributed by atoms with Crippen LogP contribution in [0.5, 0.6) is 0 Å². The Balaban J connectivity index is 2.28. The quantitative estimate of drug-likeness (QED) is 0.710. The van der Waals surface area contributed by atoms with Crippen LogP contribution < -0.4 is 5.32 Å². The molecule has 0 aliphatic carbocycles. The standard InChI is InChI=1S/C9H13N3O3/c1-7(9(14)15)11-8(13)2-4-12-5-3-10-6-12/h3,5-7H,2,4H2,1H3,(H,11,13)(H,14,15)/t7-/m1/s1. The second-order valence-corrected chi connectivity index (χ2v) is 3.18. The third-order valence-corrected chi connectivity index (χ3v) is 1.90. The summed E-state index contributed by atoms with van der Waals surface area (Å²) >= 11 is 0. The Morgan fingerprint density at radius 1 is 1.60 bits per heavy atom. The van der Waals surface area contributed by atoms with Gasteiger partial charge in [0.1, 0.15) is 6.04 Å². The second-order valence-electron chi connectivity index (χ2n) is 3.18. The minimum absolute atomic E-state index is 0.244. The van der Waals surface area contributed by atoms with Crippen molar-refractivity contribution < 1.29 is 14.7 Å². The van der Waals surface area contributed by atoms with Gasteiger partial charge in [-0.05, 0) is 6.92 Å². The zero-order valence-electron chi connectivity index (χ0n) is 8.38. The predicted octanol–water partition coefficient (Wildman–Crippen LogP) is -0.138. The zero-order valence-corrected chi connectivity index (χ0v) is 8.38. The van der Waals surface area contributed by atoms with Crippen LogP contribution >= 0.6 is 0 Å². The summed E-state index contributed by atoms with van der Waals surface area (Å²) in [5, 5.41) is 10.9. The first-order valence-electron chi connectivity index (χ1n) is 4.57. The number of nitrogens with one attached hydrogen (secondary N) is 1. The molecule has 1 aromatic heterocycles. The van der Waals surface area contributed by atoms with E-state index < -0.39 is 12.0 Å². The number of aliphatic carboxylic acids is 1. The van der Waals surface area contributed by atoms with Gasteiger partial charge in [-0.15, -0.1) is 0 Å². The molecule has 2 N–H and O–H groups in total. The molecule has 1 atom stereocenters. The fourth-order valence-corrected chi connectivity index (χ4v) is 1.03. The molecule has 0 unspecified atom stereocenters. The van der Waals surface area contributed by atoms with Gasteiger partial charge in [0.05, 0.1) is 6.33 Å². The van der Waals surface area contributed by atoms with Gasteiger partial charge in [-0.1, -0.05) is 0 Å². The van der Waals surface area contributed by atoms with Crippen LogP contribution in [0.1, 0.15) is 13.3 Å². The van der Waals surface area contributed by atoms with Crippen LogP contribution in [0.25, 0.3) is 0 Å². The molecule has 0 aliphatic rings. The van der Waals surface area contributed by atoms with Crippen LogP contribution in [0.4, 0.5) is 0 Å². The average molecular weight is 211 g/mol. The van der Waals surface area contributed by atoms with Crippen LogP contribution in [0, 0.1) is 0 Å². The van der Waals surface area contributed by atoms with E-state index >= 15 is 0 Å². The van der Waals surface area contributed by atoms with Crippen molar-refractivity contribution in [3.05, 3.63) is 18.7 Å². The van der Waals surface area contributed by atoms with Crippen molar-refractivity contribution in [3.8, 4) is 0 Å². The lowest BCUT2D eigenvalue weighted by atomic mass is 10.3. The maximum atomic E-state index is 11.2. The molecule has 0 aliphatic heterocycles. The fraction of sp³-hybridized carbons (Fsp3) is 0.444. The van der Waals surface area contributed by atoms with E-state index in [2.05, 4.69) is 10.3 Å². The molecule has 1 aromatic rings. The molecule has 15 heavy (non-hydrogen) atoms. The van der Waals surface area contributed by atoms with Gasteiger partial charge in [0, 0.05) is 25.4 Å². The van der Waals surface area contributed by atoms with E-state index in [-0.39, 0.29) is 12.3 Å². The number of rotatable bonds is 5. The molecular weight excluding hydrogens is 198 g/mol. The molecule has 0 aromatic carbocycles. The minimum Gasteiger partial charge on any atom is -0.480 e. The SMILES string of the molecule is C[C@@H](NC(=O)CCn1ccnc1)C(=O)O. The highest BCUT2D eigenvalue weighted by Gasteiger charge is 2.13. The fourth-order valence-electron chi connectivity index (χ4n) is 1.03. The van der Waals surface area contributed by atoms with Crippen LogP contribution in [-0.4, -0.2) is 32.6 Å². The van der Waals surface area contributed by atoms with E-state index in [4.69, 9.17) is 5.11 Å². The first-order valence-corrected chi connectivity index (χ1v) is 4.57. The number of carboxylic acid groups (broad SMARTS) is 1. The summed E-state index contributed by atoms with van der Waals surface area (Å²) in [6, 6.07) is -0.847. The Bertz CT molecular complexity index is 334. The van der Waals surface area contributed by atoms with Gasteiger partial charge in [-0.3, -0.25) is 9.59 Å². The van der Waals surface area contributed by atoms with Gasteiger partial charge in [0.15, 0.2) is 0 Å². The molecule has 0 fully saturated rings. The summed E-state index contributed by atoms with van der Waals surface area (Å²) in [7, 11) is 0. The van der Waals surface area contributed by atoms with Gasteiger partial charge in [-0.25, -0.2) is 4.98 Å². The number of hydrogen-bond donors (Lipinski definition) is 2. The Hall–Kier alpha value is -1.85. The number of hydrogen-bond acceptors (Lipinski definition) is 3. The summed E-state index contributed by atoms with van der Waals surface area (Å²) in [5.74, 6) is -1.32. The molecule has 0 spiro atoms. The van der Waals surface area contributed by atoms with E-state index in [0.717, 1.165) is 0 Å². The highest BCUT2D eigenvalue weighted by Crippen LogP contribution is 1.91. The molecule has 82 valence electrons. The average Bonchev–Trinajstić information content (AvgIpc) is 2.66. The lowest BCUT2D eigenvalue weighted by molar-refractivity contribution is -0.141. The van der Waals surface area contributed by atoms with E-state index in [0.29, 0.717) is 6.54 Å². The van der Waals surface area contributed by atoms with Crippen molar-refractivity contribution >= 4 is 11.9 Å². The summed E-state index contributed by atoms with van der Waals surface area (Å²) < 4.78 is 1.75. The summed E-state index contributed by atoms with van der Waals surface area (Å²) in [5.41, 5.74) is 0. The number of aryl methyl sites for hydroxylation is 1. The lowest BCUT2D eigenvalue weighted by Crippen LogP contribution is -2.38. The maximum Gasteiger partial charge on any atom is 0.325 e. The number of amides is 1. The minimum atomic E-state index is -1.04. The van der Waals surface area contributed by atoms with Gasteiger partial charge >= 0.3 is 5.97 Å². The molecule has 0 saturated carbocycles. The van der Waals surface area contributed by atoms with Crippen LogP contribution in [0.15, 0.2) is 18.7 Å². The number of aromatic nitrogens is 2. The first kappa shape index (κ1) is 11.2. The van der Waals surface area contributed by atoms with Crippen molar-refractivity contribution in [1.29, 1.82) is 0 Å². The Morgan fingerprint density at radius 3 is 2.87 bits per heavy atom. The Morgan fingerprint density at radius 2 is 2.33 bits per heavy atom. The van der Waals surface area contributed by atoms with Crippen LogP contribution in [-0.2, 0) is 16.1 Å². The van der Waals surface area contributed by atoms with E-state index in [9.17, 15) is 9.59 Å². The Kier molecular flexibility index (Phi) is 3.84. The van der Waals surface area contributed by atoms with E-state index in [1.54, 1.807) is 23.3 Å². The first-order chi connectivity index (χ1) is 7.09. The molecule has 1 heterocycles. The van der Waals surface area contributed by atoms with E-state index in [1.807, 2.05) is 0 Å². The highest BCUT2D eigenvalue weighted by molar-refractivity contribution is 5.83. The summed E-state index contributed by atoms with van der Waals surface area (Å²) in [6.45, 7) is 1.93. The third-order valence-electron chi connectivity index (χ3n) is 1.90. The summed E-state index contributed by atoms with van der Waals surface area (Å²) in [4.78, 5) is 25.5. The van der Waals surface area contributed by atoms with Crippen molar-refractivity contribution in [1.82, 2.24) is 14.9 Å². The third kappa shape index (κ3) is 3.80. The number of nitrogens with zero attached hydrogens (tertiary/aromatic N) is 2. The van der Waals surface area contributed by atoms with Gasteiger partial charge in [-0.2, -0.15) is 0 Å². The van der Waals surface area contributed by atoms with Gasteiger partial charge in [0.25, 0.3) is 0 Å². The zero-order chi connectivity index (χ0) is 11.3. The van der Waals surface area contributed by atoms with Gasteiger partial charge < -0.3 is 15.0 Å². The molecule has 0 saturated heterocycles. The second kappa shape index (κ2) is 5.14. The molecule has 1 rings (SSSR count). The number of imidazole rings is 1. The number of carbonyl (C=O) groups excluding carboxylic acids is 1. The monoisotopic (exact) mass is 211 g/mol. The highest BCUT2D eigenvalue weighted by atomic mass is 16.4. The van der Waals surface area contributed by atoms with Gasteiger partial charge in [0.2, 0.25) is 5.91 Å². The lowest BCUT2D eigenvalue weighted by Gasteiger charge is -2.08. The molecule has 0 bridgehead atoms. The molecule has 6 heteroatoms. The molecular formula is C9H13N3O3. The Labute approximate surface area is 86.9 Å². The van der Waals surface area contributed by atoms with Crippen LogP contribution in [0.2, 0.25) is 0 Å². The largest absolute Gasteiger partial charge is 0.480 e. The topological polar surface area (TPSA) is 84.2 Å². The normalized spacial score (nSPS) is 12.1. The summed E-state index contributed by atoms with van der Waals surface area (Å²) in [6.07, 6.45) is 5.22. The number of carbonyl (C=O) groups is 2. The predicted molar refractivity (Wildman–Crippen MR) is 52.1 cm³/mol. The van der Waals surface area contributed by atoms with Crippen molar-refractivity contribution in [2.75, 3.05) is 0 Å². The van der Waals surface area contributed by atoms with E-state index in [1.165, 1.54) is 6.92 Å². The van der Waals surface area contributed by atoms with Crippen molar-refractivity contribution in [3.63, 3.8) is 0 Å². The smallest absolute Gasteiger partial charge is 0.325 e. The molecule has 6 nitrogen and oxygen atoms in total. The molecule has 1 amide bonds. The van der Waals surface area contributed by atoms with Crippen molar-refractivity contribution in [2.24, 2.45) is 0 Å². The maximum absolute atomic E-state index is 11.2. The molecule has 0 radical (unpaired) electrons. The number of carboxylic acids is 1. The van der Waals surface area contributed by atoms with Crippen LogP contribution in [0.3, 0.4) is 0 Å².